The Morgan fingerprint density at radius 2 is 2.25 bits per heavy atom. The maximum atomic E-state index is 9.09. The largest absolute Gasteiger partial charge is 0.383 e. The summed E-state index contributed by atoms with van der Waals surface area (Å²) in [5.74, 6) is 3.70. The molecule has 20 heavy (non-hydrogen) atoms. The molecular weight excluding hydrogens is 286 g/mol. The SMILES string of the molecule is N#Cc1cc(NCC2CSCCS2)c2ccccc2n1. The normalized spacial score (nSPS) is 18.6. The van der Waals surface area contributed by atoms with Gasteiger partial charge in [0.15, 0.2) is 0 Å². The van der Waals surface area contributed by atoms with E-state index in [0.717, 1.165) is 23.1 Å². The predicted molar refractivity (Wildman–Crippen MR) is 88.5 cm³/mol. The highest BCUT2D eigenvalue weighted by molar-refractivity contribution is 8.06. The number of nitriles is 1. The van der Waals surface area contributed by atoms with E-state index in [1.807, 2.05) is 47.8 Å². The molecule has 3 nitrogen and oxygen atoms in total. The van der Waals surface area contributed by atoms with Gasteiger partial charge in [-0.1, -0.05) is 18.2 Å². The van der Waals surface area contributed by atoms with Crippen LogP contribution in [0, 0.1) is 11.3 Å². The van der Waals surface area contributed by atoms with Crippen LogP contribution in [-0.4, -0.2) is 34.0 Å². The molecule has 1 unspecified atom stereocenters. The van der Waals surface area contributed by atoms with Gasteiger partial charge in [0.05, 0.1) is 5.52 Å². The lowest BCUT2D eigenvalue weighted by molar-refractivity contribution is 1.01. The number of thioether (sulfide) groups is 2. The molecule has 1 N–H and O–H groups in total. The molecule has 0 bridgehead atoms. The molecule has 0 saturated carbocycles. The number of hydrogen-bond donors (Lipinski definition) is 1. The molecule has 1 aliphatic heterocycles. The van der Waals surface area contributed by atoms with Gasteiger partial charge in [0.2, 0.25) is 0 Å². The Morgan fingerprint density at radius 1 is 1.35 bits per heavy atom. The zero-order chi connectivity index (χ0) is 13.8. The lowest BCUT2D eigenvalue weighted by Gasteiger charge is -2.22. The van der Waals surface area contributed by atoms with Crippen molar-refractivity contribution in [2.24, 2.45) is 0 Å². The molecule has 0 amide bonds. The first-order chi connectivity index (χ1) is 9.86. The minimum absolute atomic E-state index is 0.469. The molecule has 1 fully saturated rings. The van der Waals surface area contributed by atoms with Crippen LogP contribution in [0.15, 0.2) is 30.3 Å². The van der Waals surface area contributed by atoms with Crippen LogP contribution in [0.3, 0.4) is 0 Å². The third kappa shape index (κ3) is 3.02. The Bertz CT molecular complexity index is 645. The lowest BCUT2D eigenvalue weighted by Crippen LogP contribution is -2.23. The van der Waals surface area contributed by atoms with Gasteiger partial charge in [0, 0.05) is 40.1 Å². The summed E-state index contributed by atoms with van der Waals surface area (Å²) in [6.45, 7) is 0.941. The van der Waals surface area contributed by atoms with E-state index >= 15 is 0 Å². The Kier molecular flexibility index (Phi) is 4.34. The van der Waals surface area contributed by atoms with Crippen LogP contribution in [0.4, 0.5) is 5.69 Å². The summed E-state index contributed by atoms with van der Waals surface area (Å²) in [7, 11) is 0. The van der Waals surface area contributed by atoms with Crippen molar-refractivity contribution in [2.45, 2.75) is 5.25 Å². The number of nitrogens with zero attached hydrogens (tertiary/aromatic N) is 2. The second-order valence-corrected chi connectivity index (χ2v) is 7.19. The number of anilines is 1. The molecule has 1 aromatic carbocycles. The predicted octanol–water partition coefficient (Wildman–Crippen LogP) is 3.37. The van der Waals surface area contributed by atoms with Crippen LogP contribution >= 0.6 is 23.5 Å². The molecule has 3 rings (SSSR count). The molecular formula is C15H15N3S2. The van der Waals surface area contributed by atoms with Crippen LogP contribution in [0.25, 0.3) is 10.9 Å². The van der Waals surface area contributed by atoms with Gasteiger partial charge in [0.1, 0.15) is 11.8 Å². The maximum absolute atomic E-state index is 9.09. The Morgan fingerprint density at radius 3 is 3.05 bits per heavy atom. The average Bonchev–Trinajstić information content (AvgIpc) is 2.53. The summed E-state index contributed by atoms with van der Waals surface area (Å²) in [6, 6.07) is 11.9. The monoisotopic (exact) mass is 301 g/mol. The quantitative estimate of drug-likeness (QED) is 0.942. The summed E-state index contributed by atoms with van der Waals surface area (Å²) in [5.41, 5.74) is 2.36. The summed E-state index contributed by atoms with van der Waals surface area (Å²) in [6.07, 6.45) is 0. The summed E-state index contributed by atoms with van der Waals surface area (Å²) in [5, 5.41) is 14.3. The van der Waals surface area contributed by atoms with Crippen LogP contribution in [0.5, 0.6) is 0 Å². The van der Waals surface area contributed by atoms with Crippen molar-refractivity contribution in [1.82, 2.24) is 4.98 Å². The van der Waals surface area contributed by atoms with Crippen molar-refractivity contribution in [3.63, 3.8) is 0 Å². The first-order valence-corrected chi connectivity index (χ1v) is 8.80. The topological polar surface area (TPSA) is 48.7 Å². The Balaban J connectivity index is 1.84. The number of nitrogens with one attached hydrogen (secondary N) is 1. The highest BCUT2D eigenvalue weighted by Gasteiger charge is 2.14. The Labute approximate surface area is 127 Å². The molecule has 0 aliphatic carbocycles. The van der Waals surface area contributed by atoms with Gasteiger partial charge in [-0.15, -0.1) is 0 Å². The van der Waals surface area contributed by atoms with Crippen molar-refractivity contribution >= 4 is 40.1 Å². The van der Waals surface area contributed by atoms with E-state index in [1.54, 1.807) is 0 Å². The van der Waals surface area contributed by atoms with Crippen molar-refractivity contribution in [1.29, 1.82) is 5.26 Å². The van der Waals surface area contributed by atoms with Crippen LogP contribution in [0.2, 0.25) is 0 Å². The Hall–Kier alpha value is -1.38. The molecule has 1 aliphatic rings. The summed E-state index contributed by atoms with van der Waals surface area (Å²) >= 11 is 4.06. The third-order valence-corrected chi connectivity index (χ3v) is 6.08. The molecule has 5 heteroatoms. The number of aromatic nitrogens is 1. The van der Waals surface area contributed by atoms with E-state index in [0.29, 0.717) is 10.9 Å². The van der Waals surface area contributed by atoms with Crippen molar-refractivity contribution in [3.05, 3.63) is 36.0 Å². The van der Waals surface area contributed by atoms with Gasteiger partial charge in [-0.25, -0.2) is 4.98 Å². The lowest BCUT2D eigenvalue weighted by atomic mass is 10.1. The van der Waals surface area contributed by atoms with Gasteiger partial charge < -0.3 is 5.32 Å². The molecule has 2 aromatic rings. The number of pyridine rings is 1. The van der Waals surface area contributed by atoms with Crippen molar-refractivity contribution in [3.8, 4) is 6.07 Å². The maximum Gasteiger partial charge on any atom is 0.143 e. The second-order valence-electron chi connectivity index (χ2n) is 4.63. The fourth-order valence-electron chi connectivity index (χ4n) is 2.26. The standard InChI is InChI=1S/C15H15N3S2/c16-8-11-7-15(13-3-1-2-4-14(13)18-11)17-9-12-10-19-5-6-20-12/h1-4,7,12H,5-6,9-10H2,(H,17,18). The fourth-order valence-corrected chi connectivity index (χ4v) is 4.87. The zero-order valence-corrected chi connectivity index (χ0v) is 12.6. The average molecular weight is 301 g/mol. The smallest absolute Gasteiger partial charge is 0.143 e. The van der Waals surface area contributed by atoms with E-state index < -0.39 is 0 Å². The molecule has 102 valence electrons. The van der Waals surface area contributed by atoms with E-state index in [9.17, 15) is 0 Å². The number of benzene rings is 1. The first-order valence-electron chi connectivity index (χ1n) is 6.60. The second kappa shape index (κ2) is 6.38. The number of para-hydroxylation sites is 1. The summed E-state index contributed by atoms with van der Waals surface area (Å²) < 4.78 is 0. The third-order valence-electron chi connectivity index (χ3n) is 3.24. The minimum atomic E-state index is 0.469. The molecule has 0 radical (unpaired) electrons. The van der Waals surface area contributed by atoms with Gasteiger partial charge >= 0.3 is 0 Å². The molecule has 1 saturated heterocycles. The van der Waals surface area contributed by atoms with Gasteiger partial charge in [0.25, 0.3) is 0 Å². The van der Waals surface area contributed by atoms with E-state index in [2.05, 4.69) is 22.4 Å². The molecule has 1 atom stereocenters. The first kappa shape index (κ1) is 13.6. The van der Waals surface area contributed by atoms with E-state index in [1.165, 1.54) is 17.3 Å². The van der Waals surface area contributed by atoms with Crippen LogP contribution in [-0.2, 0) is 0 Å². The van der Waals surface area contributed by atoms with Gasteiger partial charge in [-0.3, -0.25) is 0 Å². The highest BCUT2D eigenvalue weighted by Crippen LogP contribution is 2.26. The fraction of sp³-hybridized carbons (Fsp3) is 0.333. The molecule has 2 heterocycles. The molecule has 0 spiro atoms. The zero-order valence-electron chi connectivity index (χ0n) is 11.0. The number of rotatable bonds is 3. The van der Waals surface area contributed by atoms with E-state index in [4.69, 9.17) is 5.26 Å². The molecule has 1 aromatic heterocycles. The van der Waals surface area contributed by atoms with Crippen LogP contribution < -0.4 is 5.32 Å². The van der Waals surface area contributed by atoms with Crippen molar-refractivity contribution < 1.29 is 0 Å². The summed E-state index contributed by atoms with van der Waals surface area (Å²) in [4.78, 5) is 4.34. The highest BCUT2D eigenvalue weighted by atomic mass is 32.2. The van der Waals surface area contributed by atoms with Gasteiger partial charge in [-0.2, -0.15) is 28.8 Å². The van der Waals surface area contributed by atoms with E-state index in [-0.39, 0.29) is 0 Å². The minimum Gasteiger partial charge on any atom is -0.383 e. The van der Waals surface area contributed by atoms with Gasteiger partial charge in [-0.05, 0) is 12.1 Å². The van der Waals surface area contributed by atoms with Crippen LogP contribution in [0.1, 0.15) is 5.69 Å². The number of hydrogen-bond acceptors (Lipinski definition) is 5. The number of fused-ring (bicyclic) bond motifs is 1. The van der Waals surface area contributed by atoms with Crippen molar-refractivity contribution in [2.75, 3.05) is 29.1 Å².